The van der Waals surface area contributed by atoms with Gasteiger partial charge in [0, 0.05) is 25.2 Å². The lowest BCUT2D eigenvalue weighted by atomic mass is 10.3. The van der Waals surface area contributed by atoms with E-state index in [0.717, 1.165) is 19.4 Å². The third kappa shape index (κ3) is 3.67. The summed E-state index contributed by atoms with van der Waals surface area (Å²) < 4.78 is 13.4. The van der Waals surface area contributed by atoms with Crippen molar-refractivity contribution in [3.63, 3.8) is 0 Å². The second-order valence-corrected chi connectivity index (χ2v) is 3.72. The third-order valence-corrected chi connectivity index (χ3v) is 2.34. The molecule has 1 aromatic heterocycles. The highest BCUT2D eigenvalue weighted by Gasteiger charge is 2.10. The number of anilines is 1. The van der Waals surface area contributed by atoms with Crippen molar-refractivity contribution in [3.8, 4) is 0 Å². The highest BCUT2D eigenvalue weighted by atomic mass is 35.5. The zero-order valence-corrected chi connectivity index (χ0v) is 9.67. The average molecular weight is 231 g/mol. The number of unbranched alkanes of at least 4 members (excludes halogenated alkanes) is 1. The van der Waals surface area contributed by atoms with Crippen molar-refractivity contribution in [2.45, 2.75) is 19.8 Å². The molecule has 0 saturated carbocycles. The van der Waals surface area contributed by atoms with Crippen LogP contribution in [0.15, 0.2) is 18.3 Å². The molecule has 0 unspecified atom stereocenters. The maximum Gasteiger partial charge on any atom is 0.165 e. The summed E-state index contributed by atoms with van der Waals surface area (Å²) in [6.45, 7) is 3.54. The van der Waals surface area contributed by atoms with Crippen molar-refractivity contribution in [2.24, 2.45) is 0 Å². The van der Waals surface area contributed by atoms with Crippen molar-refractivity contribution >= 4 is 17.4 Å². The van der Waals surface area contributed by atoms with Gasteiger partial charge in [0.05, 0.1) is 0 Å². The molecule has 2 nitrogen and oxygen atoms in total. The zero-order valence-electron chi connectivity index (χ0n) is 8.92. The van der Waals surface area contributed by atoms with Crippen LogP contribution in [0.2, 0.25) is 0 Å². The lowest BCUT2D eigenvalue weighted by Gasteiger charge is -2.22. The Morgan fingerprint density at radius 1 is 1.47 bits per heavy atom. The largest absolute Gasteiger partial charge is 0.353 e. The predicted molar refractivity (Wildman–Crippen MR) is 62.0 cm³/mol. The highest BCUT2D eigenvalue weighted by Crippen LogP contribution is 2.15. The van der Waals surface area contributed by atoms with Crippen LogP contribution in [-0.2, 0) is 0 Å². The van der Waals surface area contributed by atoms with Gasteiger partial charge in [-0.15, -0.1) is 11.6 Å². The number of hydrogen-bond acceptors (Lipinski definition) is 2. The van der Waals surface area contributed by atoms with Crippen molar-refractivity contribution in [2.75, 3.05) is 23.9 Å². The number of halogens is 2. The first-order chi connectivity index (χ1) is 7.29. The fraction of sp³-hybridized carbons (Fsp3) is 0.545. The lowest BCUT2D eigenvalue weighted by molar-refractivity contribution is 0.605. The Kier molecular flexibility index (Phi) is 5.40. The molecular formula is C11H16ClFN2. The van der Waals surface area contributed by atoms with E-state index in [9.17, 15) is 4.39 Å². The summed E-state index contributed by atoms with van der Waals surface area (Å²) in [6.07, 6.45) is 3.70. The van der Waals surface area contributed by atoms with Crippen LogP contribution in [0.25, 0.3) is 0 Å². The van der Waals surface area contributed by atoms with Crippen LogP contribution >= 0.6 is 11.6 Å². The highest BCUT2D eigenvalue weighted by molar-refractivity contribution is 6.18. The monoisotopic (exact) mass is 230 g/mol. The quantitative estimate of drug-likeness (QED) is 0.699. The molecule has 4 heteroatoms. The Morgan fingerprint density at radius 2 is 2.27 bits per heavy atom. The fourth-order valence-corrected chi connectivity index (χ4v) is 1.59. The summed E-state index contributed by atoms with van der Waals surface area (Å²) in [7, 11) is 0. The number of pyridine rings is 1. The standard InChI is InChI=1S/C11H16ClFN2/c1-2-3-8-15(9-6-12)11-10(13)5-4-7-14-11/h4-5,7H,2-3,6,8-9H2,1H3. The average Bonchev–Trinajstić information content (AvgIpc) is 2.25. The predicted octanol–water partition coefficient (Wildman–Crippen LogP) is 3.07. The number of alkyl halides is 1. The van der Waals surface area contributed by atoms with Gasteiger partial charge in [-0.2, -0.15) is 0 Å². The van der Waals surface area contributed by atoms with E-state index in [0.29, 0.717) is 18.2 Å². The van der Waals surface area contributed by atoms with Crippen LogP contribution in [0.3, 0.4) is 0 Å². The molecule has 0 amide bonds. The Hall–Kier alpha value is -0.830. The van der Waals surface area contributed by atoms with Gasteiger partial charge in [0.25, 0.3) is 0 Å². The Bertz CT molecular complexity index is 294. The van der Waals surface area contributed by atoms with Gasteiger partial charge in [0.1, 0.15) is 0 Å². The molecule has 0 radical (unpaired) electrons. The van der Waals surface area contributed by atoms with Gasteiger partial charge in [-0.05, 0) is 18.6 Å². The molecule has 0 aliphatic carbocycles. The Morgan fingerprint density at radius 3 is 2.87 bits per heavy atom. The zero-order chi connectivity index (χ0) is 11.1. The second kappa shape index (κ2) is 6.62. The molecule has 0 fully saturated rings. The molecule has 0 bridgehead atoms. The minimum absolute atomic E-state index is 0.279. The first kappa shape index (κ1) is 12.2. The van der Waals surface area contributed by atoms with Gasteiger partial charge in [0.2, 0.25) is 0 Å². The molecule has 0 aliphatic rings. The van der Waals surface area contributed by atoms with Gasteiger partial charge < -0.3 is 4.90 Å². The molecule has 0 N–H and O–H groups in total. The molecule has 0 spiro atoms. The van der Waals surface area contributed by atoms with E-state index in [1.165, 1.54) is 6.07 Å². The molecule has 0 aliphatic heterocycles. The SMILES string of the molecule is CCCCN(CCCl)c1ncccc1F. The van der Waals surface area contributed by atoms with E-state index in [4.69, 9.17) is 11.6 Å². The normalized spacial score (nSPS) is 10.3. The Labute approximate surface area is 95.1 Å². The number of nitrogens with zero attached hydrogens (tertiary/aromatic N) is 2. The maximum atomic E-state index is 13.4. The van der Waals surface area contributed by atoms with Gasteiger partial charge in [0.15, 0.2) is 11.6 Å². The summed E-state index contributed by atoms with van der Waals surface area (Å²) in [6, 6.07) is 3.02. The molecular weight excluding hydrogens is 215 g/mol. The summed E-state index contributed by atoms with van der Waals surface area (Å²) in [5, 5.41) is 0. The van der Waals surface area contributed by atoms with Crippen LogP contribution < -0.4 is 4.90 Å². The van der Waals surface area contributed by atoms with E-state index in [1.54, 1.807) is 12.3 Å². The fourth-order valence-electron chi connectivity index (χ4n) is 1.38. The molecule has 0 aromatic carbocycles. The van der Waals surface area contributed by atoms with Gasteiger partial charge in [-0.25, -0.2) is 9.37 Å². The van der Waals surface area contributed by atoms with E-state index in [1.807, 2.05) is 4.90 Å². The van der Waals surface area contributed by atoms with Crippen molar-refractivity contribution < 1.29 is 4.39 Å². The topological polar surface area (TPSA) is 16.1 Å². The van der Waals surface area contributed by atoms with Crippen LogP contribution in [0.5, 0.6) is 0 Å². The summed E-state index contributed by atoms with van der Waals surface area (Å²) in [4.78, 5) is 5.94. The van der Waals surface area contributed by atoms with Crippen molar-refractivity contribution in [3.05, 3.63) is 24.1 Å². The first-order valence-corrected chi connectivity index (χ1v) is 5.74. The van der Waals surface area contributed by atoms with E-state index >= 15 is 0 Å². The number of rotatable bonds is 6. The molecule has 84 valence electrons. The third-order valence-electron chi connectivity index (χ3n) is 2.17. The summed E-state index contributed by atoms with van der Waals surface area (Å²) >= 11 is 5.69. The van der Waals surface area contributed by atoms with Crippen LogP contribution in [0.4, 0.5) is 10.2 Å². The van der Waals surface area contributed by atoms with Crippen molar-refractivity contribution in [1.82, 2.24) is 4.98 Å². The minimum Gasteiger partial charge on any atom is -0.353 e. The molecule has 15 heavy (non-hydrogen) atoms. The van der Waals surface area contributed by atoms with Crippen LogP contribution in [0, 0.1) is 5.82 Å². The Balaban J connectivity index is 2.74. The van der Waals surface area contributed by atoms with Gasteiger partial charge >= 0.3 is 0 Å². The molecule has 1 aromatic rings. The number of hydrogen-bond donors (Lipinski definition) is 0. The van der Waals surface area contributed by atoms with E-state index < -0.39 is 0 Å². The smallest absolute Gasteiger partial charge is 0.165 e. The number of aromatic nitrogens is 1. The molecule has 1 rings (SSSR count). The summed E-state index contributed by atoms with van der Waals surface area (Å²) in [5.74, 6) is 0.616. The molecule has 0 saturated heterocycles. The van der Waals surface area contributed by atoms with Crippen LogP contribution in [-0.4, -0.2) is 24.0 Å². The minimum atomic E-state index is -0.279. The maximum absolute atomic E-state index is 13.4. The van der Waals surface area contributed by atoms with Crippen molar-refractivity contribution in [1.29, 1.82) is 0 Å². The second-order valence-electron chi connectivity index (χ2n) is 3.34. The van der Waals surface area contributed by atoms with Gasteiger partial charge in [-0.1, -0.05) is 13.3 Å². The lowest BCUT2D eigenvalue weighted by Crippen LogP contribution is -2.28. The van der Waals surface area contributed by atoms with Gasteiger partial charge in [-0.3, -0.25) is 0 Å². The first-order valence-electron chi connectivity index (χ1n) is 5.21. The van der Waals surface area contributed by atoms with E-state index in [-0.39, 0.29) is 5.82 Å². The molecule has 0 atom stereocenters. The summed E-state index contributed by atoms with van der Waals surface area (Å²) in [5.41, 5.74) is 0. The molecule has 1 heterocycles. The van der Waals surface area contributed by atoms with E-state index in [2.05, 4.69) is 11.9 Å². The van der Waals surface area contributed by atoms with Crippen LogP contribution in [0.1, 0.15) is 19.8 Å².